The second-order valence-corrected chi connectivity index (χ2v) is 4.36. The highest BCUT2D eigenvalue weighted by molar-refractivity contribution is 5.66. The fourth-order valence-corrected chi connectivity index (χ4v) is 1.89. The van der Waals surface area contributed by atoms with Gasteiger partial charge in [0, 0.05) is 11.3 Å². The molecule has 0 spiro atoms. The van der Waals surface area contributed by atoms with Gasteiger partial charge in [-0.3, -0.25) is 9.59 Å². The van der Waals surface area contributed by atoms with Crippen molar-refractivity contribution in [2.75, 3.05) is 0 Å². The summed E-state index contributed by atoms with van der Waals surface area (Å²) < 4.78 is 0. The van der Waals surface area contributed by atoms with E-state index in [1.54, 1.807) is 0 Å². The number of hydrogen-bond acceptors (Lipinski definition) is 2. The fraction of sp³-hybridized carbons (Fsp3) is 0.800. The van der Waals surface area contributed by atoms with Crippen molar-refractivity contribution in [2.45, 2.75) is 33.6 Å². The molecule has 0 aromatic carbocycles. The average molecular weight is 166 g/mol. The Bertz CT molecular complexity index is 208. The quantitative estimate of drug-likeness (QED) is 0.625. The lowest BCUT2D eigenvalue weighted by Crippen LogP contribution is -2.35. The van der Waals surface area contributed by atoms with Crippen LogP contribution >= 0.6 is 0 Å². The van der Waals surface area contributed by atoms with E-state index in [0.29, 0.717) is 0 Å². The summed E-state index contributed by atoms with van der Waals surface area (Å²) in [6.45, 7) is 5.76. The van der Waals surface area contributed by atoms with Gasteiger partial charge in [-0.25, -0.2) is 0 Å². The average Bonchev–Trinajstić information content (AvgIpc) is 2.25. The van der Waals surface area contributed by atoms with Crippen LogP contribution in [0.3, 0.4) is 0 Å². The minimum atomic E-state index is -0.463. The van der Waals surface area contributed by atoms with Gasteiger partial charge in [0.2, 0.25) is 12.6 Å². The first-order valence-corrected chi connectivity index (χ1v) is 4.25. The van der Waals surface area contributed by atoms with E-state index in [-0.39, 0.29) is 11.3 Å². The van der Waals surface area contributed by atoms with Crippen molar-refractivity contribution in [3.05, 3.63) is 0 Å². The minimum absolute atomic E-state index is 0.107. The summed E-state index contributed by atoms with van der Waals surface area (Å²) in [5.41, 5.74) is -0.744. The lowest BCUT2D eigenvalue weighted by Gasteiger charge is -2.34. The van der Waals surface area contributed by atoms with Crippen molar-refractivity contribution < 1.29 is 9.59 Å². The van der Waals surface area contributed by atoms with Crippen molar-refractivity contribution >= 4 is 12.6 Å². The molecular formula is C10H14O2. The van der Waals surface area contributed by atoms with E-state index in [1.807, 2.05) is 27.1 Å². The van der Waals surface area contributed by atoms with Crippen LogP contribution in [0.4, 0.5) is 0 Å². The molecule has 2 heteroatoms. The molecule has 2 nitrogen and oxygen atoms in total. The van der Waals surface area contributed by atoms with Crippen LogP contribution in [-0.2, 0) is 9.59 Å². The van der Waals surface area contributed by atoms with Gasteiger partial charge in [0.05, 0.1) is 0 Å². The van der Waals surface area contributed by atoms with Crippen LogP contribution in [0.5, 0.6) is 0 Å². The van der Waals surface area contributed by atoms with Gasteiger partial charge in [0.1, 0.15) is 0 Å². The predicted molar refractivity (Wildman–Crippen MR) is 46.0 cm³/mol. The highest BCUT2D eigenvalue weighted by Crippen LogP contribution is 2.53. The van der Waals surface area contributed by atoms with Gasteiger partial charge in [0.25, 0.3) is 0 Å². The normalized spacial score (nSPS) is 39.4. The molecule has 0 bridgehead atoms. The molecule has 0 aromatic rings. The third-order valence-electron chi connectivity index (χ3n) is 3.59. The van der Waals surface area contributed by atoms with Gasteiger partial charge in [-0.05, 0) is 18.3 Å². The standard InChI is InChI=1S/C10H14O2/c1-9(2)8(6-11)4-5-10(9,3)7-12/h8H,4-5H2,1-3H3. The number of carbonyl (C=O) groups excluding carboxylic acids is 2. The van der Waals surface area contributed by atoms with Crippen LogP contribution < -0.4 is 0 Å². The molecule has 0 saturated heterocycles. The van der Waals surface area contributed by atoms with Gasteiger partial charge >= 0.3 is 0 Å². The van der Waals surface area contributed by atoms with Crippen molar-refractivity contribution in [1.29, 1.82) is 0 Å². The highest BCUT2D eigenvalue weighted by Gasteiger charge is 2.52. The predicted octanol–water partition coefficient (Wildman–Crippen LogP) is 1.65. The molecule has 1 rings (SSSR count). The van der Waals surface area contributed by atoms with Crippen LogP contribution in [-0.4, -0.2) is 12.6 Å². The summed E-state index contributed by atoms with van der Waals surface area (Å²) in [6, 6.07) is 0. The molecule has 2 unspecified atom stereocenters. The Hall–Kier alpha value is -0.660. The van der Waals surface area contributed by atoms with Crippen molar-refractivity contribution in [1.82, 2.24) is 0 Å². The fourth-order valence-electron chi connectivity index (χ4n) is 1.89. The Morgan fingerprint density at radius 2 is 1.83 bits per heavy atom. The zero-order valence-electron chi connectivity index (χ0n) is 7.81. The van der Waals surface area contributed by atoms with Crippen molar-refractivity contribution in [3.63, 3.8) is 0 Å². The Morgan fingerprint density at radius 3 is 2.08 bits per heavy atom. The first-order chi connectivity index (χ1) is 5.48. The van der Waals surface area contributed by atoms with E-state index in [4.69, 9.17) is 0 Å². The number of rotatable bonds is 2. The van der Waals surface area contributed by atoms with E-state index in [1.165, 1.54) is 0 Å². The molecule has 0 aliphatic heterocycles. The molecule has 1 aliphatic rings. The van der Waals surface area contributed by atoms with Crippen LogP contribution in [0.2, 0.25) is 0 Å². The van der Waals surface area contributed by atoms with E-state index in [2.05, 4.69) is 6.29 Å². The Labute approximate surface area is 73.3 Å². The SMILES string of the molecule is CC1([C]=O)CCC([C]=O)C1(C)C. The molecule has 0 heterocycles. The Kier molecular flexibility index (Phi) is 2.11. The lowest BCUT2D eigenvalue weighted by molar-refractivity contribution is 0.179. The molecule has 1 fully saturated rings. The Morgan fingerprint density at radius 1 is 1.25 bits per heavy atom. The second kappa shape index (κ2) is 2.68. The smallest absolute Gasteiger partial charge is 0.205 e. The lowest BCUT2D eigenvalue weighted by atomic mass is 9.67. The molecule has 66 valence electrons. The van der Waals surface area contributed by atoms with Gasteiger partial charge in [-0.15, -0.1) is 0 Å². The Balaban J connectivity index is 2.98. The summed E-state index contributed by atoms with van der Waals surface area (Å²) in [4.78, 5) is 21.3. The first kappa shape index (κ1) is 9.43. The molecule has 2 radical (unpaired) electrons. The topological polar surface area (TPSA) is 34.1 Å². The molecule has 1 saturated carbocycles. The van der Waals surface area contributed by atoms with E-state index < -0.39 is 5.41 Å². The van der Waals surface area contributed by atoms with Gasteiger partial charge in [0.15, 0.2) is 0 Å². The summed E-state index contributed by atoms with van der Waals surface area (Å²) in [5, 5.41) is 0. The van der Waals surface area contributed by atoms with Crippen LogP contribution in [0.15, 0.2) is 0 Å². The summed E-state index contributed by atoms with van der Waals surface area (Å²) in [5.74, 6) is -0.107. The van der Waals surface area contributed by atoms with Gasteiger partial charge in [-0.1, -0.05) is 20.8 Å². The van der Waals surface area contributed by atoms with E-state index >= 15 is 0 Å². The molecule has 0 aromatic heterocycles. The zero-order valence-corrected chi connectivity index (χ0v) is 7.81. The van der Waals surface area contributed by atoms with Crippen LogP contribution in [0.1, 0.15) is 33.6 Å². The molecule has 12 heavy (non-hydrogen) atoms. The zero-order chi connectivity index (χ0) is 9.41. The van der Waals surface area contributed by atoms with E-state index in [0.717, 1.165) is 12.8 Å². The maximum absolute atomic E-state index is 10.8. The highest BCUT2D eigenvalue weighted by atomic mass is 16.1. The first-order valence-electron chi connectivity index (χ1n) is 4.25. The molecule has 2 atom stereocenters. The molecule has 0 amide bonds. The maximum Gasteiger partial charge on any atom is 0.205 e. The third-order valence-corrected chi connectivity index (χ3v) is 3.59. The van der Waals surface area contributed by atoms with Crippen LogP contribution in [0, 0.1) is 16.7 Å². The summed E-state index contributed by atoms with van der Waals surface area (Å²) in [6.07, 6.45) is 5.60. The molecule has 0 N–H and O–H groups in total. The van der Waals surface area contributed by atoms with E-state index in [9.17, 15) is 9.59 Å². The second-order valence-electron chi connectivity index (χ2n) is 4.36. The monoisotopic (exact) mass is 166 g/mol. The molecular weight excluding hydrogens is 152 g/mol. The molecule has 1 aliphatic carbocycles. The van der Waals surface area contributed by atoms with Crippen molar-refractivity contribution in [3.8, 4) is 0 Å². The number of hydrogen-bond donors (Lipinski definition) is 0. The third kappa shape index (κ3) is 1.01. The summed E-state index contributed by atoms with van der Waals surface area (Å²) >= 11 is 0. The largest absolute Gasteiger partial charge is 0.291 e. The maximum atomic E-state index is 10.8. The van der Waals surface area contributed by atoms with Gasteiger partial charge < -0.3 is 0 Å². The van der Waals surface area contributed by atoms with Crippen molar-refractivity contribution in [2.24, 2.45) is 16.7 Å². The minimum Gasteiger partial charge on any atom is -0.291 e. The van der Waals surface area contributed by atoms with Gasteiger partial charge in [-0.2, -0.15) is 0 Å². The summed E-state index contributed by atoms with van der Waals surface area (Å²) in [7, 11) is 0. The van der Waals surface area contributed by atoms with Crippen LogP contribution in [0.25, 0.3) is 0 Å².